The molecule has 1 aliphatic rings. The predicted octanol–water partition coefficient (Wildman–Crippen LogP) is 3.98. The molecule has 1 saturated carbocycles. The Kier molecular flexibility index (Phi) is 4.27. The van der Waals surface area contributed by atoms with Gasteiger partial charge in [-0.2, -0.15) is 5.10 Å². The first-order valence-corrected chi connectivity index (χ1v) is 7.98. The third kappa shape index (κ3) is 3.21. The lowest BCUT2D eigenvalue weighted by Crippen LogP contribution is -2.21. The van der Waals surface area contributed by atoms with E-state index in [4.69, 9.17) is 4.74 Å². The minimum atomic E-state index is -0.227. The summed E-state index contributed by atoms with van der Waals surface area (Å²) >= 11 is 0. The van der Waals surface area contributed by atoms with Gasteiger partial charge >= 0.3 is 5.97 Å². The number of esters is 1. The van der Waals surface area contributed by atoms with Crippen LogP contribution in [0.1, 0.15) is 53.8 Å². The highest BCUT2D eigenvalue weighted by Crippen LogP contribution is 2.22. The average Bonchev–Trinajstić information content (AvgIpc) is 2.87. The van der Waals surface area contributed by atoms with Crippen LogP contribution in [0, 0.1) is 13.8 Å². The highest BCUT2D eigenvalue weighted by atomic mass is 16.5. The number of hydrogen-bond acceptors (Lipinski definition) is 3. The van der Waals surface area contributed by atoms with Gasteiger partial charge in [0.1, 0.15) is 6.10 Å². The fourth-order valence-corrected chi connectivity index (χ4v) is 3.06. The van der Waals surface area contributed by atoms with Crippen molar-refractivity contribution in [3.05, 3.63) is 47.3 Å². The molecule has 2 aromatic rings. The lowest BCUT2D eigenvalue weighted by Gasteiger charge is -2.21. The summed E-state index contributed by atoms with van der Waals surface area (Å²) in [6.07, 6.45) is 5.62. The van der Waals surface area contributed by atoms with Crippen molar-refractivity contribution in [2.24, 2.45) is 0 Å². The molecule has 1 heterocycles. The number of nitrogens with zero attached hydrogens (tertiary/aromatic N) is 2. The molecule has 1 fully saturated rings. The molecule has 116 valence electrons. The summed E-state index contributed by atoms with van der Waals surface area (Å²) in [5.41, 5.74) is 3.50. The molecular formula is C18H22N2O2. The van der Waals surface area contributed by atoms with E-state index in [2.05, 4.69) is 5.10 Å². The summed E-state index contributed by atoms with van der Waals surface area (Å²) in [5, 5.41) is 4.46. The van der Waals surface area contributed by atoms with Crippen LogP contribution in [0.2, 0.25) is 0 Å². The number of ether oxygens (including phenoxy) is 1. The summed E-state index contributed by atoms with van der Waals surface area (Å²) in [6, 6.07) is 9.51. The van der Waals surface area contributed by atoms with Gasteiger partial charge in [0.15, 0.2) is 0 Å². The Morgan fingerprint density at radius 2 is 1.95 bits per heavy atom. The van der Waals surface area contributed by atoms with Gasteiger partial charge in [0.25, 0.3) is 0 Å². The minimum Gasteiger partial charge on any atom is -0.459 e. The summed E-state index contributed by atoms with van der Waals surface area (Å²) in [7, 11) is 0. The topological polar surface area (TPSA) is 44.1 Å². The number of aromatic nitrogens is 2. The second-order valence-electron chi connectivity index (χ2n) is 6.05. The van der Waals surface area contributed by atoms with Gasteiger partial charge in [-0.05, 0) is 63.8 Å². The molecule has 0 saturated heterocycles. The van der Waals surface area contributed by atoms with Crippen LogP contribution in [-0.2, 0) is 4.74 Å². The fourth-order valence-electron chi connectivity index (χ4n) is 3.06. The van der Waals surface area contributed by atoms with E-state index in [0.29, 0.717) is 5.56 Å². The Bertz CT molecular complexity index is 669. The van der Waals surface area contributed by atoms with Crippen LogP contribution >= 0.6 is 0 Å². The average molecular weight is 298 g/mol. The smallest absolute Gasteiger partial charge is 0.338 e. The monoisotopic (exact) mass is 298 g/mol. The van der Waals surface area contributed by atoms with Gasteiger partial charge in [0.05, 0.1) is 16.9 Å². The minimum absolute atomic E-state index is 0.0820. The molecule has 3 rings (SSSR count). The largest absolute Gasteiger partial charge is 0.459 e. The predicted molar refractivity (Wildman–Crippen MR) is 85.3 cm³/mol. The molecule has 1 aromatic heterocycles. The van der Waals surface area contributed by atoms with Crippen molar-refractivity contribution in [1.29, 1.82) is 0 Å². The van der Waals surface area contributed by atoms with E-state index in [1.807, 2.05) is 42.8 Å². The van der Waals surface area contributed by atoms with E-state index >= 15 is 0 Å². The third-order valence-electron chi connectivity index (χ3n) is 4.16. The summed E-state index contributed by atoms with van der Waals surface area (Å²) in [4.78, 5) is 12.3. The molecule has 0 radical (unpaired) electrons. The first kappa shape index (κ1) is 14.8. The highest BCUT2D eigenvalue weighted by Gasteiger charge is 2.19. The van der Waals surface area contributed by atoms with Crippen molar-refractivity contribution < 1.29 is 9.53 Å². The highest BCUT2D eigenvalue weighted by molar-refractivity contribution is 5.90. The molecule has 4 heteroatoms. The summed E-state index contributed by atoms with van der Waals surface area (Å²) in [5.74, 6) is -0.227. The first-order chi connectivity index (χ1) is 10.6. The van der Waals surface area contributed by atoms with Crippen LogP contribution in [0.4, 0.5) is 0 Å². The van der Waals surface area contributed by atoms with E-state index in [0.717, 1.165) is 42.8 Å². The molecular weight excluding hydrogens is 276 g/mol. The zero-order chi connectivity index (χ0) is 15.5. The van der Waals surface area contributed by atoms with Crippen LogP contribution in [0.3, 0.4) is 0 Å². The molecule has 22 heavy (non-hydrogen) atoms. The van der Waals surface area contributed by atoms with E-state index in [-0.39, 0.29) is 12.1 Å². The standard InChI is InChI=1S/C18H22N2O2/c1-13-11-14(2)20(19-13)16-8-6-7-15(12-16)18(21)22-17-9-4-3-5-10-17/h6-8,11-12,17H,3-5,9-10H2,1-2H3. The summed E-state index contributed by atoms with van der Waals surface area (Å²) < 4.78 is 7.49. The van der Waals surface area contributed by atoms with E-state index in [1.165, 1.54) is 6.42 Å². The van der Waals surface area contributed by atoms with Gasteiger partial charge in [-0.15, -0.1) is 0 Å². The quantitative estimate of drug-likeness (QED) is 0.805. The van der Waals surface area contributed by atoms with E-state index < -0.39 is 0 Å². The number of carbonyl (C=O) groups is 1. The second-order valence-corrected chi connectivity index (χ2v) is 6.05. The van der Waals surface area contributed by atoms with E-state index in [1.54, 1.807) is 6.07 Å². The zero-order valence-corrected chi connectivity index (χ0v) is 13.2. The zero-order valence-electron chi connectivity index (χ0n) is 13.2. The second kappa shape index (κ2) is 6.34. The molecule has 0 amide bonds. The van der Waals surface area contributed by atoms with Crippen LogP contribution in [0.15, 0.2) is 30.3 Å². The molecule has 0 unspecified atom stereocenters. The van der Waals surface area contributed by atoms with Crippen LogP contribution < -0.4 is 0 Å². The molecule has 0 N–H and O–H groups in total. The number of carbonyl (C=O) groups excluding carboxylic acids is 1. The van der Waals surface area contributed by atoms with Crippen molar-refractivity contribution in [3.63, 3.8) is 0 Å². The number of rotatable bonds is 3. The number of aryl methyl sites for hydroxylation is 2. The first-order valence-electron chi connectivity index (χ1n) is 7.98. The van der Waals surface area contributed by atoms with Crippen LogP contribution in [-0.4, -0.2) is 21.9 Å². The maximum absolute atomic E-state index is 12.3. The molecule has 0 spiro atoms. The maximum Gasteiger partial charge on any atom is 0.338 e. The van der Waals surface area contributed by atoms with Crippen LogP contribution in [0.25, 0.3) is 5.69 Å². The Balaban J connectivity index is 1.78. The fraction of sp³-hybridized carbons (Fsp3) is 0.444. The molecule has 0 bridgehead atoms. The van der Waals surface area contributed by atoms with Crippen molar-refractivity contribution in [2.45, 2.75) is 52.1 Å². The van der Waals surface area contributed by atoms with Gasteiger partial charge in [-0.1, -0.05) is 12.5 Å². The Labute approximate surface area is 131 Å². The molecule has 0 aliphatic heterocycles. The van der Waals surface area contributed by atoms with E-state index in [9.17, 15) is 4.79 Å². The van der Waals surface area contributed by atoms with Gasteiger partial charge in [0.2, 0.25) is 0 Å². The lowest BCUT2D eigenvalue weighted by atomic mass is 9.98. The molecule has 1 aliphatic carbocycles. The number of benzene rings is 1. The van der Waals surface area contributed by atoms with Gasteiger partial charge in [-0.3, -0.25) is 0 Å². The lowest BCUT2D eigenvalue weighted by molar-refractivity contribution is 0.0211. The van der Waals surface area contributed by atoms with Gasteiger partial charge in [-0.25, -0.2) is 9.48 Å². The normalized spacial score (nSPS) is 15.7. The van der Waals surface area contributed by atoms with Crippen molar-refractivity contribution >= 4 is 5.97 Å². The van der Waals surface area contributed by atoms with Gasteiger partial charge < -0.3 is 4.74 Å². The maximum atomic E-state index is 12.3. The molecule has 4 nitrogen and oxygen atoms in total. The van der Waals surface area contributed by atoms with Crippen molar-refractivity contribution in [1.82, 2.24) is 9.78 Å². The third-order valence-corrected chi connectivity index (χ3v) is 4.16. The summed E-state index contributed by atoms with van der Waals surface area (Å²) in [6.45, 7) is 3.97. The molecule has 1 aromatic carbocycles. The van der Waals surface area contributed by atoms with Crippen LogP contribution in [0.5, 0.6) is 0 Å². The SMILES string of the molecule is Cc1cc(C)n(-c2cccc(C(=O)OC3CCCCC3)c2)n1. The van der Waals surface area contributed by atoms with Crippen molar-refractivity contribution in [3.8, 4) is 5.69 Å². The molecule has 0 atom stereocenters. The number of hydrogen-bond donors (Lipinski definition) is 0. The van der Waals surface area contributed by atoms with Gasteiger partial charge in [0, 0.05) is 5.69 Å². The Morgan fingerprint density at radius 3 is 2.64 bits per heavy atom. The Hall–Kier alpha value is -2.10. The Morgan fingerprint density at radius 1 is 1.18 bits per heavy atom. The van der Waals surface area contributed by atoms with Crippen molar-refractivity contribution in [2.75, 3.05) is 0 Å².